The van der Waals surface area contributed by atoms with E-state index in [0.29, 0.717) is 13.1 Å². The van der Waals surface area contributed by atoms with Crippen LogP contribution in [0.15, 0.2) is 0 Å². The maximum atomic E-state index is 9.29. The first-order valence-corrected chi connectivity index (χ1v) is 4.20. The smallest absolute Gasteiger partial charge is 0.390 e. The molecule has 12 heavy (non-hydrogen) atoms. The van der Waals surface area contributed by atoms with E-state index in [1.54, 1.807) is 0 Å². The molecule has 0 aromatic heterocycles. The number of rotatable bonds is 0. The van der Waals surface area contributed by atoms with Gasteiger partial charge in [-0.2, -0.15) is 0 Å². The van der Waals surface area contributed by atoms with Crippen molar-refractivity contribution in [3.63, 3.8) is 0 Å². The van der Waals surface area contributed by atoms with E-state index in [2.05, 4.69) is 16.0 Å². The van der Waals surface area contributed by atoms with E-state index in [4.69, 9.17) is 0 Å². The van der Waals surface area contributed by atoms with Gasteiger partial charge in [0.05, 0.1) is 6.10 Å². The number of nitrogens with one attached hydrogen (secondary N) is 3. The van der Waals surface area contributed by atoms with Crippen LogP contribution in [0.25, 0.3) is 0 Å². The molecule has 1 heterocycles. The molecule has 0 aromatic carbocycles. The third-order valence-corrected chi connectivity index (χ3v) is 1.72. The molecule has 0 aliphatic carbocycles. The van der Waals surface area contributed by atoms with Crippen molar-refractivity contribution in [1.82, 2.24) is 16.0 Å². The quantitative estimate of drug-likeness (QED) is 0.360. The summed E-state index contributed by atoms with van der Waals surface area (Å²) in [4.78, 5) is 0. The maximum Gasteiger partial charge on any atom is 2.00 e. The largest absolute Gasteiger partial charge is 2.00 e. The van der Waals surface area contributed by atoms with E-state index in [0.717, 1.165) is 26.2 Å². The van der Waals surface area contributed by atoms with Crippen LogP contribution >= 0.6 is 0 Å². The molecular weight excluding hydrogens is 201 g/mol. The van der Waals surface area contributed by atoms with Crippen molar-refractivity contribution in [3.8, 4) is 0 Å². The second kappa shape index (κ2) is 7.96. The fourth-order valence-electron chi connectivity index (χ4n) is 1.09. The summed E-state index contributed by atoms with van der Waals surface area (Å²) in [7, 11) is 0. The van der Waals surface area contributed by atoms with E-state index in [1.807, 2.05) is 0 Å². The molecule has 0 amide bonds. The summed E-state index contributed by atoms with van der Waals surface area (Å²) in [5.74, 6) is 0. The van der Waals surface area contributed by atoms with Crippen LogP contribution < -0.4 is 16.0 Å². The van der Waals surface area contributed by atoms with E-state index in [9.17, 15) is 5.11 Å². The van der Waals surface area contributed by atoms with Gasteiger partial charge in [0.15, 0.2) is 0 Å². The molecule has 5 heteroatoms. The first-order chi connectivity index (χ1) is 5.39. The number of aliphatic hydroxyl groups is 1. The minimum absolute atomic E-state index is 0. The second-order valence-corrected chi connectivity index (χ2v) is 2.81. The molecule has 0 spiro atoms. The molecule has 74 valence electrons. The Balaban J connectivity index is 0.00000121. The minimum atomic E-state index is -0.243. The van der Waals surface area contributed by atoms with Crippen molar-refractivity contribution in [1.29, 1.82) is 0 Å². The summed E-state index contributed by atoms with van der Waals surface area (Å²) in [5.41, 5.74) is 0. The zero-order chi connectivity index (χ0) is 7.94. The molecule has 1 aliphatic rings. The van der Waals surface area contributed by atoms with Gasteiger partial charge in [-0.05, 0) is 0 Å². The molecule has 0 saturated carbocycles. The van der Waals surface area contributed by atoms with Crippen LogP contribution in [0.4, 0.5) is 0 Å². The number of β-amino-alcohol motifs (C(OH)–C–C–N with tert-alkyl or cyclic N) is 1. The molecule has 1 aliphatic heterocycles. The zero-order valence-electron chi connectivity index (χ0n) is 7.08. The fourth-order valence-corrected chi connectivity index (χ4v) is 1.09. The summed E-state index contributed by atoms with van der Waals surface area (Å²) < 4.78 is 0. The Morgan fingerprint density at radius 3 is 1.75 bits per heavy atom. The monoisotopic (exact) mass is 217 g/mol. The summed E-state index contributed by atoms with van der Waals surface area (Å²) in [6.07, 6.45) is -0.243. The van der Waals surface area contributed by atoms with Crippen molar-refractivity contribution < 1.29 is 21.6 Å². The van der Waals surface area contributed by atoms with Crippen LogP contribution in [0.1, 0.15) is 0 Å². The molecule has 1 rings (SSSR count). The van der Waals surface area contributed by atoms with Gasteiger partial charge in [0.25, 0.3) is 0 Å². The van der Waals surface area contributed by atoms with Gasteiger partial charge in [0.2, 0.25) is 0 Å². The molecule has 0 unspecified atom stereocenters. The average molecular weight is 218 g/mol. The average Bonchev–Trinajstić information content (AvgIpc) is 2.03. The van der Waals surface area contributed by atoms with E-state index < -0.39 is 0 Å². The van der Waals surface area contributed by atoms with E-state index in [1.165, 1.54) is 0 Å². The predicted octanol–water partition coefficient (Wildman–Crippen LogP) is -1.87. The molecule has 4 nitrogen and oxygen atoms in total. The van der Waals surface area contributed by atoms with Crippen molar-refractivity contribution >= 4 is 0 Å². The Morgan fingerprint density at radius 2 is 1.25 bits per heavy atom. The van der Waals surface area contributed by atoms with Gasteiger partial charge in [-0.15, -0.1) is 0 Å². The van der Waals surface area contributed by atoms with Gasteiger partial charge >= 0.3 is 16.5 Å². The Kier molecular flexibility index (Phi) is 8.18. The third-order valence-electron chi connectivity index (χ3n) is 1.72. The standard InChI is InChI=1S/C7H17N3O.Ni/c11-7-5-9-3-1-8-2-4-10-6-7;/h7-11H,1-6H2;/q;+2. The Labute approximate surface area is 83.4 Å². The van der Waals surface area contributed by atoms with Gasteiger partial charge < -0.3 is 21.1 Å². The van der Waals surface area contributed by atoms with Gasteiger partial charge in [-0.25, -0.2) is 0 Å². The summed E-state index contributed by atoms with van der Waals surface area (Å²) in [6.45, 7) is 5.22. The van der Waals surface area contributed by atoms with Gasteiger partial charge in [-0.3, -0.25) is 0 Å². The molecule has 0 radical (unpaired) electrons. The van der Waals surface area contributed by atoms with Crippen molar-refractivity contribution in [2.45, 2.75) is 6.10 Å². The van der Waals surface area contributed by atoms with Crippen LogP contribution in [0.5, 0.6) is 0 Å². The molecule has 0 aromatic rings. The number of aliphatic hydroxyl groups excluding tert-OH is 1. The fraction of sp³-hybridized carbons (Fsp3) is 1.00. The van der Waals surface area contributed by atoms with Crippen molar-refractivity contribution in [2.24, 2.45) is 0 Å². The summed E-state index contributed by atoms with van der Waals surface area (Å²) in [5, 5.41) is 18.9. The second-order valence-electron chi connectivity index (χ2n) is 2.81. The zero-order valence-corrected chi connectivity index (χ0v) is 8.07. The Bertz CT molecular complexity index is 94.7. The first-order valence-electron chi connectivity index (χ1n) is 4.20. The molecule has 1 saturated heterocycles. The Hall–Kier alpha value is 0.334. The molecule has 0 bridgehead atoms. The number of hydrogen-bond donors (Lipinski definition) is 4. The molecule has 1 fully saturated rings. The SMILES string of the molecule is OC1CNCCNCCNC1.[Ni+2]. The van der Waals surface area contributed by atoms with E-state index in [-0.39, 0.29) is 22.6 Å². The minimum Gasteiger partial charge on any atom is -0.390 e. The van der Waals surface area contributed by atoms with Crippen LogP contribution in [0.3, 0.4) is 0 Å². The van der Waals surface area contributed by atoms with Crippen molar-refractivity contribution in [3.05, 3.63) is 0 Å². The topological polar surface area (TPSA) is 56.3 Å². The van der Waals surface area contributed by atoms with Gasteiger partial charge in [0, 0.05) is 39.3 Å². The van der Waals surface area contributed by atoms with Crippen molar-refractivity contribution in [2.75, 3.05) is 39.3 Å². The molecule has 0 atom stereocenters. The normalized spacial score (nSPS) is 22.8. The van der Waals surface area contributed by atoms with Crippen LogP contribution in [0, 0.1) is 0 Å². The summed E-state index contributed by atoms with van der Waals surface area (Å²) >= 11 is 0. The van der Waals surface area contributed by atoms with Crippen LogP contribution in [-0.2, 0) is 16.5 Å². The summed E-state index contributed by atoms with van der Waals surface area (Å²) in [6, 6.07) is 0. The maximum absolute atomic E-state index is 9.29. The molecular formula is C7H17N3NiO+2. The van der Waals surface area contributed by atoms with Gasteiger partial charge in [0.1, 0.15) is 0 Å². The Morgan fingerprint density at radius 1 is 0.833 bits per heavy atom. The molecule has 4 N–H and O–H groups in total. The number of hydrogen-bond acceptors (Lipinski definition) is 4. The van der Waals surface area contributed by atoms with Crippen LogP contribution in [-0.4, -0.2) is 50.5 Å². The predicted molar refractivity (Wildman–Crippen MR) is 44.6 cm³/mol. The van der Waals surface area contributed by atoms with Gasteiger partial charge in [-0.1, -0.05) is 0 Å². The van der Waals surface area contributed by atoms with Crippen LogP contribution in [0.2, 0.25) is 0 Å². The first kappa shape index (κ1) is 12.3. The van der Waals surface area contributed by atoms with E-state index >= 15 is 0 Å². The third kappa shape index (κ3) is 5.92.